The Morgan fingerprint density at radius 2 is 0.965 bits per heavy atom. The molecule has 0 aliphatic carbocycles. The molecule has 0 atom stereocenters. The molecule has 0 spiro atoms. The predicted molar refractivity (Wildman–Crippen MR) is 230 cm³/mol. The average Bonchev–Trinajstić information content (AvgIpc) is 3.96. The lowest BCUT2D eigenvalue weighted by Crippen LogP contribution is -2.02. The highest BCUT2D eigenvalue weighted by atomic mass is 16.3. The first-order valence-electron chi connectivity index (χ1n) is 19.0. The summed E-state index contributed by atoms with van der Waals surface area (Å²) in [7, 11) is 0. The number of benzene rings is 8. The summed E-state index contributed by atoms with van der Waals surface area (Å²) < 4.78 is 15.6. The van der Waals surface area contributed by atoms with Crippen molar-refractivity contribution in [1.82, 2.24) is 19.5 Å². The van der Waals surface area contributed by atoms with Crippen LogP contribution >= 0.6 is 0 Å². The summed E-state index contributed by atoms with van der Waals surface area (Å²) in [6.07, 6.45) is 0. The molecule has 12 rings (SSSR count). The third-order valence-electron chi connectivity index (χ3n) is 11.1. The maximum atomic E-state index is 6.93. The molecule has 0 bridgehead atoms. The van der Waals surface area contributed by atoms with Gasteiger partial charge in [-0.05, 0) is 59.7 Å². The van der Waals surface area contributed by atoms with Crippen molar-refractivity contribution in [3.05, 3.63) is 182 Å². The van der Waals surface area contributed by atoms with Gasteiger partial charge in [0.25, 0.3) is 0 Å². The van der Waals surface area contributed by atoms with E-state index in [1.54, 1.807) is 0 Å². The quantitative estimate of drug-likeness (QED) is 0.176. The number of fused-ring (bicyclic) bond motifs is 9. The summed E-state index contributed by atoms with van der Waals surface area (Å²) in [5.41, 5.74) is 11.0. The maximum Gasteiger partial charge on any atom is 0.167 e. The molecule has 12 aromatic rings. The molecule has 6 heteroatoms. The van der Waals surface area contributed by atoms with Gasteiger partial charge in [-0.15, -0.1) is 0 Å². The number of hydrogen-bond acceptors (Lipinski definition) is 5. The lowest BCUT2D eigenvalue weighted by atomic mass is 10.0. The van der Waals surface area contributed by atoms with Crippen molar-refractivity contribution in [2.75, 3.05) is 0 Å². The molecule has 4 heterocycles. The van der Waals surface area contributed by atoms with Gasteiger partial charge >= 0.3 is 0 Å². The molecule has 0 amide bonds. The zero-order valence-electron chi connectivity index (χ0n) is 30.4. The van der Waals surface area contributed by atoms with E-state index in [1.165, 1.54) is 10.8 Å². The van der Waals surface area contributed by atoms with Crippen LogP contribution in [-0.2, 0) is 0 Å². The minimum absolute atomic E-state index is 0.513. The summed E-state index contributed by atoms with van der Waals surface area (Å²) >= 11 is 0. The number of nitrogens with zero attached hydrogens (tertiary/aromatic N) is 4. The van der Waals surface area contributed by atoms with Crippen LogP contribution in [0.4, 0.5) is 0 Å². The molecular formula is C51H30N4O2. The SMILES string of the molecule is c1ccc(-c2ccc3c(c2)oc2c(-c4nc(-c5ccccc5)nc(-c5cccc6oc7ccccc7c56)n4)cc(-n4c5ccccc5c5ccccc54)cc23)cc1. The largest absolute Gasteiger partial charge is 0.456 e. The van der Waals surface area contributed by atoms with Crippen LogP contribution in [0.2, 0.25) is 0 Å². The Hall–Kier alpha value is -7.83. The first-order chi connectivity index (χ1) is 28.2. The van der Waals surface area contributed by atoms with E-state index in [9.17, 15) is 0 Å². The van der Waals surface area contributed by atoms with Gasteiger partial charge in [0.15, 0.2) is 17.5 Å². The zero-order chi connectivity index (χ0) is 37.5. The smallest absolute Gasteiger partial charge is 0.167 e. The van der Waals surface area contributed by atoms with Gasteiger partial charge in [-0.1, -0.05) is 133 Å². The number of para-hydroxylation sites is 3. The zero-order valence-corrected chi connectivity index (χ0v) is 30.4. The summed E-state index contributed by atoms with van der Waals surface area (Å²) in [6.45, 7) is 0. The molecule has 0 saturated carbocycles. The van der Waals surface area contributed by atoms with E-state index in [-0.39, 0.29) is 0 Å². The van der Waals surface area contributed by atoms with Crippen LogP contribution < -0.4 is 0 Å². The second-order valence-corrected chi connectivity index (χ2v) is 14.4. The Kier molecular flexibility index (Phi) is 6.83. The van der Waals surface area contributed by atoms with Crippen molar-refractivity contribution < 1.29 is 8.83 Å². The van der Waals surface area contributed by atoms with E-state index in [1.807, 2.05) is 66.7 Å². The molecule has 4 aromatic heterocycles. The van der Waals surface area contributed by atoms with E-state index in [0.29, 0.717) is 23.1 Å². The monoisotopic (exact) mass is 730 g/mol. The van der Waals surface area contributed by atoms with Crippen molar-refractivity contribution in [3.63, 3.8) is 0 Å². The standard InChI is InChI=1S/C51H30N4O2/c1-3-14-31(15-4-1)33-26-27-37-40-29-34(55-42-22-10-7-18-35(42)36-19-8-11-23-43(36)55)30-41(48(40)57-46(37)28-33)51-53-49(32-16-5-2-6-17-32)52-50(54-51)39-21-13-25-45-47(39)38-20-9-12-24-44(38)56-45/h1-30H. The lowest BCUT2D eigenvalue weighted by Gasteiger charge is -2.13. The van der Waals surface area contributed by atoms with Crippen molar-refractivity contribution in [3.8, 4) is 51.0 Å². The predicted octanol–water partition coefficient (Wildman–Crippen LogP) is 13.4. The molecule has 6 nitrogen and oxygen atoms in total. The molecule has 0 aliphatic heterocycles. The van der Waals surface area contributed by atoms with Crippen LogP contribution in [0.5, 0.6) is 0 Å². The van der Waals surface area contributed by atoms with Crippen molar-refractivity contribution >= 4 is 65.7 Å². The van der Waals surface area contributed by atoms with Gasteiger partial charge in [0, 0.05) is 49.1 Å². The summed E-state index contributed by atoms with van der Waals surface area (Å²) in [5, 5.41) is 6.34. The van der Waals surface area contributed by atoms with Crippen molar-refractivity contribution in [1.29, 1.82) is 0 Å². The summed E-state index contributed by atoms with van der Waals surface area (Å²) in [4.78, 5) is 15.7. The van der Waals surface area contributed by atoms with Gasteiger partial charge in [-0.2, -0.15) is 0 Å². The molecule has 8 aromatic carbocycles. The van der Waals surface area contributed by atoms with E-state index in [2.05, 4.69) is 120 Å². The van der Waals surface area contributed by atoms with Crippen molar-refractivity contribution in [2.45, 2.75) is 0 Å². The topological polar surface area (TPSA) is 69.9 Å². The Balaban J connectivity index is 1.18. The Labute approximate surface area is 325 Å². The highest BCUT2D eigenvalue weighted by Gasteiger charge is 2.23. The average molecular weight is 731 g/mol. The normalized spacial score (nSPS) is 11.9. The molecule has 0 N–H and O–H groups in total. The van der Waals surface area contributed by atoms with E-state index in [4.69, 9.17) is 23.8 Å². The Bertz CT molecular complexity index is 3470. The second kappa shape index (κ2) is 12.3. The van der Waals surface area contributed by atoms with Gasteiger partial charge in [-0.25, -0.2) is 15.0 Å². The molecule has 0 saturated heterocycles. The van der Waals surface area contributed by atoms with Crippen LogP contribution in [0, 0.1) is 0 Å². The first-order valence-corrected chi connectivity index (χ1v) is 19.0. The Morgan fingerprint density at radius 1 is 0.351 bits per heavy atom. The third-order valence-corrected chi connectivity index (χ3v) is 11.1. The number of hydrogen-bond donors (Lipinski definition) is 0. The minimum Gasteiger partial charge on any atom is -0.456 e. The minimum atomic E-state index is 0.513. The van der Waals surface area contributed by atoms with Crippen LogP contribution in [0.1, 0.15) is 0 Å². The van der Waals surface area contributed by atoms with Crippen molar-refractivity contribution in [2.24, 2.45) is 0 Å². The molecule has 266 valence electrons. The molecule has 0 unspecified atom stereocenters. The third kappa shape index (κ3) is 4.94. The second-order valence-electron chi connectivity index (χ2n) is 14.4. The maximum absolute atomic E-state index is 6.93. The van der Waals surface area contributed by atoms with E-state index in [0.717, 1.165) is 82.8 Å². The van der Waals surface area contributed by atoms with Crippen LogP contribution in [0.25, 0.3) is 117 Å². The fourth-order valence-corrected chi connectivity index (χ4v) is 8.46. The van der Waals surface area contributed by atoms with Crippen LogP contribution in [0.3, 0.4) is 0 Å². The van der Waals surface area contributed by atoms with Gasteiger partial charge in [0.2, 0.25) is 0 Å². The molecule has 0 fully saturated rings. The molecular weight excluding hydrogens is 701 g/mol. The van der Waals surface area contributed by atoms with Gasteiger partial charge in [0.1, 0.15) is 22.3 Å². The van der Waals surface area contributed by atoms with Crippen LogP contribution in [-0.4, -0.2) is 19.5 Å². The van der Waals surface area contributed by atoms with Crippen LogP contribution in [0.15, 0.2) is 191 Å². The highest BCUT2D eigenvalue weighted by Crippen LogP contribution is 2.42. The summed E-state index contributed by atoms with van der Waals surface area (Å²) in [6, 6.07) is 62.7. The molecule has 57 heavy (non-hydrogen) atoms. The molecule has 0 aliphatic rings. The van der Waals surface area contributed by atoms with Gasteiger partial charge < -0.3 is 13.4 Å². The first kappa shape index (κ1) is 31.5. The number of rotatable bonds is 5. The summed E-state index contributed by atoms with van der Waals surface area (Å²) in [5.74, 6) is 1.63. The highest BCUT2D eigenvalue weighted by molar-refractivity contribution is 6.14. The lowest BCUT2D eigenvalue weighted by molar-refractivity contribution is 0.668. The number of aromatic nitrogens is 4. The fraction of sp³-hybridized carbons (Fsp3) is 0. The van der Waals surface area contributed by atoms with Gasteiger partial charge in [0.05, 0.1) is 16.6 Å². The fourth-order valence-electron chi connectivity index (χ4n) is 8.46. The number of furan rings is 2. The Morgan fingerprint density at radius 3 is 1.72 bits per heavy atom. The van der Waals surface area contributed by atoms with E-state index < -0.39 is 0 Å². The molecule has 0 radical (unpaired) electrons. The van der Waals surface area contributed by atoms with Gasteiger partial charge in [-0.3, -0.25) is 0 Å². The van der Waals surface area contributed by atoms with E-state index >= 15 is 0 Å².